The molecule has 2 unspecified atom stereocenters. The molecule has 0 N–H and O–H groups in total. The third kappa shape index (κ3) is 2.02. The zero-order valence-corrected chi connectivity index (χ0v) is 11.0. The molecule has 0 amide bonds. The topological polar surface area (TPSA) is 12.5 Å². The highest BCUT2D eigenvalue weighted by atomic mass is 16.5. The van der Waals surface area contributed by atoms with Gasteiger partial charge in [0, 0.05) is 25.6 Å². The summed E-state index contributed by atoms with van der Waals surface area (Å²) in [6.07, 6.45) is 5.52. The second kappa shape index (κ2) is 3.46. The maximum Gasteiger partial charge on any atom is 0.0788 e. The van der Waals surface area contributed by atoms with Crippen molar-refractivity contribution in [3.63, 3.8) is 0 Å². The molecular weight excluding hydrogens is 198 g/mol. The molecule has 4 aliphatic rings. The molecule has 3 aliphatic heterocycles. The lowest BCUT2D eigenvalue weighted by molar-refractivity contribution is -0.176. The van der Waals surface area contributed by atoms with Gasteiger partial charge in [-0.1, -0.05) is 0 Å². The fourth-order valence-corrected chi connectivity index (χ4v) is 3.67. The van der Waals surface area contributed by atoms with Crippen molar-refractivity contribution in [2.75, 3.05) is 19.6 Å². The Morgan fingerprint density at radius 2 is 1.94 bits per heavy atom. The molecule has 2 nitrogen and oxygen atoms in total. The minimum absolute atomic E-state index is 0.0886. The first-order valence-corrected chi connectivity index (χ1v) is 6.89. The molecule has 0 radical (unpaired) electrons. The maximum atomic E-state index is 6.38. The first-order valence-electron chi connectivity index (χ1n) is 6.89. The molecule has 92 valence electrons. The molecule has 0 aromatic heterocycles. The number of rotatable bonds is 2. The smallest absolute Gasteiger partial charge is 0.0788 e. The van der Waals surface area contributed by atoms with Crippen LogP contribution in [-0.2, 0) is 4.74 Å². The minimum atomic E-state index is 0.0886. The van der Waals surface area contributed by atoms with Gasteiger partial charge in [-0.05, 0) is 52.4 Å². The van der Waals surface area contributed by atoms with Gasteiger partial charge in [-0.15, -0.1) is 0 Å². The number of hydrogen-bond donors (Lipinski definition) is 0. The predicted molar refractivity (Wildman–Crippen MR) is 65.5 cm³/mol. The molecule has 1 saturated carbocycles. The van der Waals surface area contributed by atoms with Crippen LogP contribution in [0.5, 0.6) is 0 Å². The molecule has 16 heavy (non-hydrogen) atoms. The molecule has 3 saturated heterocycles. The van der Waals surface area contributed by atoms with E-state index in [1.165, 1.54) is 38.8 Å². The Morgan fingerprint density at radius 1 is 1.19 bits per heavy atom. The standard InChI is InChI=1S/C14H25NO/c1-13(2)12-6-7-14(3,16-13)10-15(9-12)8-11-4-5-11/h11-12H,4-10H2,1-3H3. The third-order valence-corrected chi connectivity index (χ3v) is 4.76. The molecule has 0 aromatic carbocycles. The van der Waals surface area contributed by atoms with Crippen LogP contribution >= 0.6 is 0 Å². The van der Waals surface area contributed by atoms with Crippen molar-refractivity contribution < 1.29 is 4.74 Å². The lowest BCUT2D eigenvalue weighted by Crippen LogP contribution is -2.48. The SMILES string of the molecule is CC12CCC(CN(CC3CC3)C1)C(C)(C)O2. The fourth-order valence-electron chi connectivity index (χ4n) is 3.67. The van der Waals surface area contributed by atoms with E-state index in [9.17, 15) is 0 Å². The van der Waals surface area contributed by atoms with E-state index < -0.39 is 0 Å². The first kappa shape index (κ1) is 11.0. The highest BCUT2D eigenvalue weighted by Crippen LogP contribution is 2.44. The van der Waals surface area contributed by atoms with Gasteiger partial charge in [0.1, 0.15) is 0 Å². The van der Waals surface area contributed by atoms with Crippen LogP contribution in [0.4, 0.5) is 0 Å². The van der Waals surface area contributed by atoms with Crippen LogP contribution in [0.2, 0.25) is 0 Å². The van der Waals surface area contributed by atoms with E-state index in [1.807, 2.05) is 0 Å². The monoisotopic (exact) mass is 223 g/mol. The average Bonchev–Trinajstić information content (AvgIpc) is 2.92. The fraction of sp³-hybridized carbons (Fsp3) is 1.00. The Morgan fingerprint density at radius 3 is 2.56 bits per heavy atom. The quantitative estimate of drug-likeness (QED) is 0.713. The van der Waals surface area contributed by atoms with Crippen LogP contribution in [0.25, 0.3) is 0 Å². The van der Waals surface area contributed by atoms with E-state index in [4.69, 9.17) is 4.74 Å². The van der Waals surface area contributed by atoms with E-state index in [-0.39, 0.29) is 11.2 Å². The molecule has 3 heterocycles. The molecule has 2 heteroatoms. The normalized spacial score (nSPS) is 43.3. The van der Waals surface area contributed by atoms with E-state index in [0.29, 0.717) is 0 Å². The first-order chi connectivity index (χ1) is 7.47. The van der Waals surface area contributed by atoms with E-state index in [0.717, 1.165) is 18.4 Å². The predicted octanol–water partition coefficient (Wildman–Crippen LogP) is 2.68. The molecular formula is C14H25NO. The Bertz CT molecular complexity index is 284. The lowest BCUT2D eigenvalue weighted by Gasteiger charge is -2.44. The Kier molecular flexibility index (Phi) is 2.38. The summed E-state index contributed by atoms with van der Waals surface area (Å²) in [5.74, 6) is 1.74. The van der Waals surface area contributed by atoms with Crippen LogP contribution in [0.3, 0.4) is 0 Å². The second-order valence-corrected chi connectivity index (χ2v) is 7.03. The van der Waals surface area contributed by atoms with Crippen LogP contribution in [-0.4, -0.2) is 35.7 Å². The largest absolute Gasteiger partial charge is 0.368 e. The third-order valence-electron chi connectivity index (χ3n) is 4.76. The summed E-state index contributed by atoms with van der Waals surface area (Å²) in [4.78, 5) is 2.68. The molecule has 2 atom stereocenters. The molecule has 4 fully saturated rings. The average molecular weight is 223 g/mol. The highest BCUT2D eigenvalue weighted by Gasteiger charge is 2.48. The van der Waals surface area contributed by atoms with Crippen molar-refractivity contribution in [2.24, 2.45) is 11.8 Å². The highest BCUT2D eigenvalue weighted by molar-refractivity contribution is 4.99. The lowest BCUT2D eigenvalue weighted by atomic mass is 9.81. The van der Waals surface area contributed by atoms with Gasteiger partial charge in [0.25, 0.3) is 0 Å². The van der Waals surface area contributed by atoms with Crippen LogP contribution in [0.15, 0.2) is 0 Å². The Labute approximate surface area is 99.3 Å². The minimum Gasteiger partial charge on any atom is -0.368 e. The number of nitrogens with zero attached hydrogens (tertiary/aromatic N) is 1. The van der Waals surface area contributed by atoms with Crippen LogP contribution < -0.4 is 0 Å². The maximum absolute atomic E-state index is 6.38. The van der Waals surface area contributed by atoms with Crippen molar-refractivity contribution >= 4 is 0 Å². The summed E-state index contributed by atoms with van der Waals surface area (Å²) < 4.78 is 6.38. The molecule has 1 aliphatic carbocycles. The van der Waals surface area contributed by atoms with Crippen molar-refractivity contribution in [2.45, 2.75) is 57.7 Å². The van der Waals surface area contributed by atoms with Crippen LogP contribution in [0.1, 0.15) is 46.5 Å². The molecule has 0 spiro atoms. The van der Waals surface area contributed by atoms with Gasteiger partial charge in [-0.2, -0.15) is 0 Å². The van der Waals surface area contributed by atoms with Crippen LogP contribution in [0, 0.1) is 11.8 Å². The zero-order chi connectivity index (χ0) is 11.4. The van der Waals surface area contributed by atoms with Gasteiger partial charge < -0.3 is 4.74 Å². The van der Waals surface area contributed by atoms with Gasteiger partial charge in [0.05, 0.1) is 11.2 Å². The summed E-state index contributed by atoms with van der Waals surface area (Å²) in [6, 6.07) is 0. The summed E-state index contributed by atoms with van der Waals surface area (Å²) >= 11 is 0. The molecule has 0 aromatic rings. The summed E-state index contributed by atoms with van der Waals surface area (Å²) in [5, 5.41) is 0. The van der Waals surface area contributed by atoms with Gasteiger partial charge >= 0.3 is 0 Å². The Hall–Kier alpha value is -0.0800. The van der Waals surface area contributed by atoms with Crippen molar-refractivity contribution in [1.29, 1.82) is 0 Å². The molecule has 4 rings (SSSR count). The van der Waals surface area contributed by atoms with Crippen molar-refractivity contribution in [3.05, 3.63) is 0 Å². The zero-order valence-electron chi connectivity index (χ0n) is 11.0. The van der Waals surface area contributed by atoms with Gasteiger partial charge in [-0.25, -0.2) is 0 Å². The summed E-state index contributed by atoms with van der Waals surface area (Å²) in [5.41, 5.74) is 0.205. The van der Waals surface area contributed by atoms with Crippen molar-refractivity contribution in [1.82, 2.24) is 4.90 Å². The second-order valence-electron chi connectivity index (χ2n) is 7.03. The van der Waals surface area contributed by atoms with Gasteiger partial charge in [0.15, 0.2) is 0 Å². The van der Waals surface area contributed by atoms with E-state index in [1.54, 1.807) is 0 Å². The summed E-state index contributed by atoms with van der Waals surface area (Å²) in [7, 11) is 0. The van der Waals surface area contributed by atoms with Crippen molar-refractivity contribution in [3.8, 4) is 0 Å². The van der Waals surface area contributed by atoms with Gasteiger partial charge in [-0.3, -0.25) is 4.90 Å². The van der Waals surface area contributed by atoms with E-state index in [2.05, 4.69) is 25.7 Å². The van der Waals surface area contributed by atoms with Gasteiger partial charge in [0.2, 0.25) is 0 Å². The number of hydrogen-bond acceptors (Lipinski definition) is 2. The number of fused-ring (bicyclic) bond motifs is 4. The Balaban J connectivity index is 1.77. The summed E-state index contributed by atoms with van der Waals surface area (Å²) in [6.45, 7) is 10.6. The van der Waals surface area contributed by atoms with E-state index >= 15 is 0 Å². The molecule has 2 bridgehead atoms. The number of ether oxygens (including phenoxy) is 1.